The molecular formula is C10H14O4S. The minimum absolute atomic E-state index is 0.415. The van der Waals surface area contributed by atoms with Crippen molar-refractivity contribution in [3.8, 4) is 0 Å². The molecule has 0 aliphatic heterocycles. The molecule has 1 N–H and O–H groups in total. The molecule has 0 fully saturated rings. The number of aliphatic carboxylic acids is 1. The number of hydrogen-bond donors (Lipinski definition) is 1. The SMILES string of the molecule is CCOC(CSCc1ccco1)C(=O)O. The van der Waals surface area contributed by atoms with Gasteiger partial charge in [0.25, 0.3) is 0 Å². The van der Waals surface area contributed by atoms with Gasteiger partial charge in [-0.1, -0.05) is 0 Å². The number of thioether (sulfide) groups is 1. The van der Waals surface area contributed by atoms with E-state index in [2.05, 4.69) is 0 Å². The molecule has 0 aliphatic carbocycles. The lowest BCUT2D eigenvalue weighted by atomic mass is 10.4. The maximum absolute atomic E-state index is 10.7. The summed E-state index contributed by atoms with van der Waals surface area (Å²) in [7, 11) is 0. The summed E-state index contributed by atoms with van der Waals surface area (Å²) in [5.74, 6) is 1.04. The van der Waals surface area contributed by atoms with Crippen LogP contribution in [-0.4, -0.2) is 29.5 Å². The van der Waals surface area contributed by atoms with E-state index in [-0.39, 0.29) is 0 Å². The zero-order chi connectivity index (χ0) is 11.1. The molecule has 5 heteroatoms. The van der Waals surface area contributed by atoms with Gasteiger partial charge in [0.05, 0.1) is 12.0 Å². The Morgan fingerprint density at radius 1 is 1.73 bits per heavy atom. The first-order valence-corrected chi connectivity index (χ1v) is 5.84. The number of carboxylic acids is 1. The second-order valence-corrected chi connectivity index (χ2v) is 3.91. The largest absolute Gasteiger partial charge is 0.479 e. The highest BCUT2D eigenvalue weighted by molar-refractivity contribution is 7.98. The van der Waals surface area contributed by atoms with E-state index < -0.39 is 12.1 Å². The number of hydrogen-bond acceptors (Lipinski definition) is 4. The molecule has 4 nitrogen and oxygen atoms in total. The van der Waals surface area contributed by atoms with Crippen LogP contribution in [0.1, 0.15) is 12.7 Å². The predicted molar refractivity (Wildman–Crippen MR) is 57.9 cm³/mol. The van der Waals surface area contributed by atoms with Gasteiger partial charge in [-0.2, -0.15) is 11.8 Å². The summed E-state index contributed by atoms with van der Waals surface area (Å²) in [5.41, 5.74) is 0. The Bertz CT molecular complexity index is 284. The van der Waals surface area contributed by atoms with Crippen LogP contribution in [0.2, 0.25) is 0 Å². The second kappa shape index (κ2) is 6.53. The van der Waals surface area contributed by atoms with Crippen molar-refractivity contribution in [2.75, 3.05) is 12.4 Å². The monoisotopic (exact) mass is 230 g/mol. The molecule has 1 unspecified atom stereocenters. The molecule has 1 aromatic rings. The third kappa shape index (κ3) is 4.40. The predicted octanol–water partition coefficient (Wildman–Crippen LogP) is 2.00. The zero-order valence-corrected chi connectivity index (χ0v) is 9.33. The van der Waals surface area contributed by atoms with Crippen molar-refractivity contribution in [1.29, 1.82) is 0 Å². The summed E-state index contributed by atoms with van der Waals surface area (Å²) in [6.07, 6.45) is 0.877. The molecule has 0 saturated heterocycles. The number of ether oxygens (including phenoxy) is 1. The van der Waals surface area contributed by atoms with Gasteiger partial charge >= 0.3 is 5.97 Å². The van der Waals surface area contributed by atoms with E-state index >= 15 is 0 Å². The van der Waals surface area contributed by atoms with Gasteiger partial charge in [-0.25, -0.2) is 4.79 Å². The molecule has 84 valence electrons. The fourth-order valence-electron chi connectivity index (χ4n) is 1.05. The highest BCUT2D eigenvalue weighted by Gasteiger charge is 2.17. The fraction of sp³-hybridized carbons (Fsp3) is 0.500. The minimum Gasteiger partial charge on any atom is -0.479 e. The molecule has 0 spiro atoms. The van der Waals surface area contributed by atoms with Gasteiger partial charge in [-0.05, 0) is 19.1 Å². The van der Waals surface area contributed by atoms with Crippen molar-refractivity contribution < 1.29 is 19.1 Å². The highest BCUT2D eigenvalue weighted by atomic mass is 32.2. The summed E-state index contributed by atoms with van der Waals surface area (Å²) in [6, 6.07) is 3.68. The van der Waals surface area contributed by atoms with Gasteiger partial charge in [0, 0.05) is 12.4 Å². The van der Waals surface area contributed by atoms with Crippen LogP contribution in [-0.2, 0) is 15.3 Å². The van der Waals surface area contributed by atoms with Crippen molar-refractivity contribution in [2.24, 2.45) is 0 Å². The molecule has 1 heterocycles. The lowest BCUT2D eigenvalue weighted by Gasteiger charge is -2.10. The van der Waals surface area contributed by atoms with Gasteiger partial charge in [-0.3, -0.25) is 0 Å². The van der Waals surface area contributed by atoms with Crippen LogP contribution in [0, 0.1) is 0 Å². The van der Waals surface area contributed by atoms with Crippen molar-refractivity contribution in [1.82, 2.24) is 0 Å². The number of carbonyl (C=O) groups is 1. The molecule has 0 amide bonds. The molecule has 1 atom stereocenters. The van der Waals surface area contributed by atoms with Crippen LogP contribution < -0.4 is 0 Å². The Labute approximate surface area is 92.6 Å². The van der Waals surface area contributed by atoms with Crippen molar-refractivity contribution in [3.05, 3.63) is 24.2 Å². The number of rotatable bonds is 7. The van der Waals surface area contributed by atoms with Crippen LogP contribution in [0.25, 0.3) is 0 Å². The van der Waals surface area contributed by atoms with E-state index in [1.54, 1.807) is 13.2 Å². The van der Waals surface area contributed by atoms with E-state index in [9.17, 15) is 4.79 Å². The Kier molecular flexibility index (Phi) is 5.28. The third-order valence-corrected chi connectivity index (χ3v) is 2.76. The molecule has 0 bridgehead atoms. The molecule has 0 aromatic carbocycles. The highest BCUT2D eigenvalue weighted by Crippen LogP contribution is 2.14. The van der Waals surface area contributed by atoms with Gasteiger partial charge in [0.15, 0.2) is 6.10 Å². The van der Waals surface area contributed by atoms with Crippen LogP contribution in [0.5, 0.6) is 0 Å². The maximum atomic E-state index is 10.7. The zero-order valence-electron chi connectivity index (χ0n) is 8.51. The first-order valence-electron chi connectivity index (χ1n) is 4.68. The topological polar surface area (TPSA) is 59.7 Å². The van der Waals surface area contributed by atoms with E-state index in [1.165, 1.54) is 11.8 Å². The van der Waals surface area contributed by atoms with Gasteiger partial charge in [0.1, 0.15) is 5.76 Å². The Morgan fingerprint density at radius 3 is 3.07 bits per heavy atom. The van der Waals surface area contributed by atoms with Crippen LogP contribution >= 0.6 is 11.8 Å². The average Bonchev–Trinajstić information content (AvgIpc) is 2.69. The van der Waals surface area contributed by atoms with Crippen LogP contribution in [0.15, 0.2) is 22.8 Å². The molecular weight excluding hydrogens is 216 g/mol. The van der Waals surface area contributed by atoms with E-state index in [0.717, 1.165) is 5.76 Å². The molecule has 0 aliphatic rings. The van der Waals surface area contributed by atoms with Gasteiger partial charge in [0.2, 0.25) is 0 Å². The summed E-state index contributed by atoms with van der Waals surface area (Å²) in [6.45, 7) is 2.20. The minimum atomic E-state index is -0.913. The standard InChI is InChI=1S/C10H14O4S/c1-2-13-9(10(11)12)7-15-6-8-4-3-5-14-8/h3-5,9H,2,6-7H2,1H3,(H,11,12). The maximum Gasteiger partial charge on any atom is 0.333 e. The Balaban J connectivity index is 2.25. The molecule has 0 radical (unpaired) electrons. The third-order valence-electron chi connectivity index (χ3n) is 1.74. The molecule has 1 aromatic heterocycles. The van der Waals surface area contributed by atoms with Crippen molar-refractivity contribution in [3.63, 3.8) is 0 Å². The van der Waals surface area contributed by atoms with Crippen LogP contribution in [0.4, 0.5) is 0 Å². The average molecular weight is 230 g/mol. The van der Waals surface area contributed by atoms with Crippen molar-refractivity contribution in [2.45, 2.75) is 18.8 Å². The summed E-state index contributed by atoms with van der Waals surface area (Å²) in [4.78, 5) is 10.7. The number of carboxylic acid groups (broad SMARTS) is 1. The summed E-state index contributed by atoms with van der Waals surface area (Å²) < 4.78 is 10.2. The normalized spacial score (nSPS) is 12.6. The Morgan fingerprint density at radius 2 is 2.53 bits per heavy atom. The van der Waals surface area contributed by atoms with E-state index in [4.69, 9.17) is 14.3 Å². The summed E-state index contributed by atoms with van der Waals surface area (Å²) in [5, 5.41) is 8.80. The fourth-order valence-corrected chi connectivity index (χ4v) is 1.99. The number of furan rings is 1. The lowest BCUT2D eigenvalue weighted by molar-refractivity contribution is -0.148. The summed E-state index contributed by atoms with van der Waals surface area (Å²) >= 11 is 1.49. The molecule has 0 saturated carbocycles. The lowest BCUT2D eigenvalue weighted by Crippen LogP contribution is -2.26. The van der Waals surface area contributed by atoms with E-state index in [0.29, 0.717) is 18.1 Å². The Hall–Kier alpha value is -0.940. The van der Waals surface area contributed by atoms with E-state index in [1.807, 2.05) is 12.1 Å². The van der Waals surface area contributed by atoms with Crippen LogP contribution in [0.3, 0.4) is 0 Å². The molecule has 15 heavy (non-hydrogen) atoms. The quantitative estimate of drug-likeness (QED) is 0.776. The second-order valence-electron chi connectivity index (χ2n) is 2.88. The van der Waals surface area contributed by atoms with Gasteiger partial charge < -0.3 is 14.3 Å². The molecule has 1 rings (SSSR count). The first kappa shape index (κ1) is 12.1. The van der Waals surface area contributed by atoms with Gasteiger partial charge in [-0.15, -0.1) is 0 Å². The smallest absolute Gasteiger partial charge is 0.333 e. The first-order chi connectivity index (χ1) is 7.24. The van der Waals surface area contributed by atoms with Crippen molar-refractivity contribution >= 4 is 17.7 Å².